The average molecular weight is 1220 g/mol. The zero-order chi connectivity index (χ0) is 52.4. The molecule has 6 aromatic carbocycles. The van der Waals surface area contributed by atoms with Gasteiger partial charge in [0, 0.05) is 97.1 Å². The smallest absolute Gasteiger partial charge is 0.258 e. The van der Waals surface area contributed by atoms with Crippen LogP contribution >= 0.6 is 37.2 Å². The Morgan fingerprint density at radius 2 is 0.932 bits per heavy atom. The number of anilines is 2. The van der Waals surface area contributed by atoms with E-state index in [1.807, 2.05) is 149 Å². The summed E-state index contributed by atoms with van der Waals surface area (Å²) in [4.78, 5) is 39.1. The van der Waals surface area contributed by atoms with E-state index in [4.69, 9.17) is 6.42 Å². The van der Waals surface area contributed by atoms with E-state index in [1.54, 1.807) is 24.3 Å². The predicted octanol–water partition coefficient (Wildman–Crippen LogP) is 16.4. The average Bonchev–Trinajstić information content (AvgIpc) is 3.94. The van der Waals surface area contributed by atoms with E-state index in [2.05, 4.69) is 62.9 Å². The molecule has 3 N–H and O–H groups in total. The molecule has 2 amide bonds. The second-order valence-corrected chi connectivity index (χ2v) is 17.8. The number of hydrogen-bond acceptors (Lipinski definition) is 4. The fourth-order valence-corrected chi connectivity index (χ4v) is 9.11. The first-order chi connectivity index (χ1) is 35.4. The lowest BCUT2D eigenvalue weighted by atomic mass is 9.94. The third-order valence-corrected chi connectivity index (χ3v) is 12.1. The molecular formula is C62H62F2I2N4O4. The Kier molecular flexibility index (Phi) is 22.6. The van der Waals surface area contributed by atoms with Crippen molar-refractivity contribution < 1.29 is 28.3 Å². The van der Waals surface area contributed by atoms with Crippen LogP contribution in [0.4, 0.5) is 20.2 Å². The largest absolute Gasteiger partial charge is 0.392 e. The van der Waals surface area contributed by atoms with Crippen molar-refractivity contribution in [1.82, 2.24) is 9.13 Å². The predicted molar refractivity (Wildman–Crippen MR) is 317 cm³/mol. The lowest BCUT2D eigenvalue weighted by molar-refractivity contribution is -0.108. The topological polar surface area (TPSA) is 105 Å². The molecule has 0 spiro atoms. The maximum Gasteiger partial charge on any atom is 0.258 e. The number of hydrogen-bond donors (Lipinski definition) is 3. The first-order valence-corrected chi connectivity index (χ1v) is 30.3. The molecule has 0 unspecified atom stereocenters. The van der Waals surface area contributed by atoms with Gasteiger partial charge in [-0.05, 0) is 113 Å². The van der Waals surface area contributed by atoms with Crippen LogP contribution in [0, 0.1) is 24.0 Å². The van der Waals surface area contributed by atoms with Crippen molar-refractivity contribution in [1.29, 1.82) is 0 Å². The highest BCUT2D eigenvalue weighted by Crippen LogP contribution is 2.44. The van der Waals surface area contributed by atoms with Crippen molar-refractivity contribution in [3.8, 4) is 57.1 Å². The van der Waals surface area contributed by atoms with Gasteiger partial charge in [0.2, 0.25) is 0 Å². The van der Waals surface area contributed by atoms with Crippen molar-refractivity contribution in [3.05, 3.63) is 204 Å². The third-order valence-electron chi connectivity index (χ3n) is 12.1. The minimum Gasteiger partial charge on any atom is -0.392 e. The van der Waals surface area contributed by atoms with Gasteiger partial charge in [0.25, 0.3) is 11.8 Å². The molecule has 382 valence electrons. The van der Waals surface area contributed by atoms with Crippen molar-refractivity contribution in [2.75, 3.05) is 10.6 Å². The van der Waals surface area contributed by atoms with Crippen molar-refractivity contribution in [2.24, 2.45) is 0 Å². The van der Waals surface area contributed by atoms with E-state index in [1.165, 1.54) is 24.3 Å². The van der Waals surface area contributed by atoms with Gasteiger partial charge < -0.3 is 29.7 Å². The summed E-state index contributed by atoms with van der Waals surface area (Å²) in [6, 6.07) is 50.7. The molecule has 1 atom stereocenters. The number of aromatic nitrogens is 2. The molecule has 0 aliphatic carbocycles. The van der Waals surface area contributed by atoms with Crippen LogP contribution in [0.15, 0.2) is 170 Å². The Balaban J connectivity index is 0.000000263. The Morgan fingerprint density at radius 1 is 0.581 bits per heavy atom. The number of aliphatic hydroxyl groups is 1. The molecule has 0 aliphatic heterocycles. The van der Waals surface area contributed by atoms with E-state index in [0.717, 1.165) is 62.4 Å². The van der Waals surface area contributed by atoms with Crippen LogP contribution in [0.1, 0.15) is 98.3 Å². The molecule has 2 aromatic heterocycles. The number of aldehydes is 1. The summed E-state index contributed by atoms with van der Waals surface area (Å²) >= 11 is 4.24. The fourth-order valence-electron chi connectivity index (χ4n) is 9.11. The van der Waals surface area contributed by atoms with E-state index in [0.29, 0.717) is 48.4 Å². The van der Waals surface area contributed by atoms with E-state index < -0.39 is 6.10 Å². The van der Waals surface area contributed by atoms with Gasteiger partial charge in [0.05, 0.1) is 28.6 Å². The van der Waals surface area contributed by atoms with Gasteiger partial charge in [-0.15, -0.1) is 12.3 Å². The summed E-state index contributed by atoms with van der Waals surface area (Å²) in [5.41, 5.74) is 10.7. The monoisotopic (exact) mass is 1220 g/mol. The van der Waals surface area contributed by atoms with Gasteiger partial charge in [-0.3, -0.25) is 9.59 Å². The molecule has 8 nitrogen and oxygen atoms in total. The highest BCUT2D eigenvalue weighted by molar-refractivity contribution is 15.0. The number of rotatable bonds is 17. The number of nitrogens with one attached hydrogen (secondary N) is 2. The number of terminal acetylenes is 1. The molecular weight excluding hydrogens is 1160 g/mol. The summed E-state index contributed by atoms with van der Waals surface area (Å²) in [5, 5.41) is 16.6. The zero-order valence-corrected chi connectivity index (χ0v) is 45.5. The number of aliphatic hydroxyl groups excluding tert-OH is 1. The Morgan fingerprint density at radius 3 is 1.27 bits per heavy atom. The second kappa shape index (κ2) is 28.7. The minimum absolute atomic E-state index is 0. The number of amides is 2. The van der Waals surface area contributed by atoms with E-state index in [-0.39, 0.29) is 49.1 Å². The van der Waals surface area contributed by atoms with E-state index >= 15 is 0 Å². The molecule has 0 saturated carbocycles. The minimum atomic E-state index is -0.671. The first-order valence-electron chi connectivity index (χ1n) is 24.0. The normalized spacial score (nSPS) is 11.0. The highest BCUT2D eigenvalue weighted by atomic mass is 128. The number of para-hydroxylation sites is 2. The molecule has 0 radical (unpaired) electrons. The van der Waals surface area contributed by atoms with Gasteiger partial charge in [0.15, 0.2) is 0 Å². The molecule has 8 rings (SSSR count). The Hall–Kier alpha value is -6.67. The van der Waals surface area contributed by atoms with Crippen LogP contribution in [-0.2, 0) is 17.9 Å². The number of benzene rings is 6. The van der Waals surface area contributed by atoms with Crippen LogP contribution in [0.5, 0.6) is 0 Å². The van der Waals surface area contributed by atoms with Gasteiger partial charge in [-0.25, -0.2) is 8.78 Å². The molecule has 12 heteroatoms. The Bertz CT molecular complexity index is 3100. The molecule has 74 heavy (non-hydrogen) atoms. The van der Waals surface area contributed by atoms with Crippen LogP contribution < -0.4 is 10.6 Å². The standard InChI is InChI=1S/C32H31FN2O2.C29H27FN2O2.CH4.I2/c1-4-11-27(36)20-21-35-30(22(2)3)29(32(37)34-26-14-9-6-10-15-26)28(23-12-7-5-8-13-23)31(35)24-16-18-25(33)19-17-24;1-20(2)27-26(29(34)31-24-12-7-4-8-13-24)25(21-10-5-3-6-11-21)28(32(27)18-9-19-33)22-14-16-23(30)17-15-22;;1-2/h1,5-10,12-19,22,27,36H,11,20-21H2,2-3H3,(H,34,37);3-8,10-17,19-20H,9,18H2,1-2H3,(H,31,34);1H4;/t27-;;;/m0.../s1. The van der Waals surface area contributed by atoms with Gasteiger partial charge in [0.1, 0.15) is 17.9 Å². The highest BCUT2D eigenvalue weighted by Gasteiger charge is 2.32. The molecule has 0 aliphatic rings. The lowest BCUT2D eigenvalue weighted by Crippen LogP contribution is -2.17. The second-order valence-electron chi connectivity index (χ2n) is 17.8. The summed E-state index contributed by atoms with van der Waals surface area (Å²) in [7, 11) is 0. The van der Waals surface area contributed by atoms with Gasteiger partial charge in [-0.1, -0.05) is 132 Å². The number of carbonyl (C=O) groups excluding carboxylic acids is 3. The summed E-state index contributed by atoms with van der Waals surface area (Å²) in [6.07, 6.45) is 6.60. The summed E-state index contributed by atoms with van der Waals surface area (Å²) in [5.74, 6) is 1.39. The zero-order valence-electron chi connectivity index (χ0n) is 41.2. The van der Waals surface area contributed by atoms with Crippen LogP contribution in [0.25, 0.3) is 44.8 Å². The third kappa shape index (κ3) is 14.3. The first kappa shape index (κ1) is 58.2. The van der Waals surface area contributed by atoms with Crippen molar-refractivity contribution in [2.45, 2.75) is 85.4 Å². The van der Waals surface area contributed by atoms with Crippen LogP contribution in [0.2, 0.25) is 0 Å². The molecule has 0 saturated heterocycles. The molecule has 8 aromatic rings. The van der Waals surface area contributed by atoms with Crippen molar-refractivity contribution >= 4 is 66.7 Å². The van der Waals surface area contributed by atoms with E-state index in [9.17, 15) is 28.3 Å². The maximum absolute atomic E-state index is 14.0. The molecule has 0 fully saturated rings. The van der Waals surface area contributed by atoms with Gasteiger partial charge in [-0.2, -0.15) is 0 Å². The van der Waals surface area contributed by atoms with Gasteiger partial charge >= 0.3 is 0 Å². The van der Waals surface area contributed by atoms with Crippen LogP contribution in [-0.4, -0.2) is 38.4 Å². The number of nitrogens with zero attached hydrogens (tertiary/aromatic N) is 2. The molecule has 2 heterocycles. The molecule has 0 bridgehead atoms. The fraction of sp³-hybridized carbons (Fsp3) is 0.210. The quantitative estimate of drug-likeness (QED) is 0.0480. The van der Waals surface area contributed by atoms with Crippen molar-refractivity contribution in [3.63, 3.8) is 0 Å². The number of carbonyl (C=O) groups is 3. The Labute approximate surface area is 458 Å². The van der Waals surface area contributed by atoms with Crippen LogP contribution in [0.3, 0.4) is 0 Å². The maximum atomic E-state index is 14.0. The summed E-state index contributed by atoms with van der Waals surface area (Å²) in [6.45, 7) is 9.03. The lowest BCUT2D eigenvalue weighted by Gasteiger charge is -2.18. The summed E-state index contributed by atoms with van der Waals surface area (Å²) < 4.78 is 31.9. The SMILES string of the molecule is C.C#CC[C@H](O)CCn1c(-c2ccc(F)cc2)c(-c2ccccc2)c(C(=O)Nc2ccccc2)c1C(C)C.CC(C)c1c(C(=O)Nc2ccccc2)c(-c2ccccc2)c(-c2ccc(F)cc2)n1CCC=O.II. The number of halogens is 4.